The summed E-state index contributed by atoms with van der Waals surface area (Å²) in [6, 6.07) is 0.236. The molecular formula is C7H15NO. The molecule has 0 aromatic heterocycles. The van der Waals surface area contributed by atoms with Gasteiger partial charge in [-0.3, -0.25) is 0 Å². The van der Waals surface area contributed by atoms with Crippen LogP contribution in [-0.2, 0) is 4.74 Å². The highest BCUT2D eigenvalue weighted by molar-refractivity contribution is 4.86. The SMILES string of the molecule is C[C@@H]1[C@@H](N)[C@@H](C)O[C@H]1C. The van der Waals surface area contributed by atoms with Crippen LogP contribution in [0.15, 0.2) is 0 Å². The van der Waals surface area contributed by atoms with Crippen LogP contribution in [-0.4, -0.2) is 18.2 Å². The summed E-state index contributed by atoms with van der Waals surface area (Å²) in [6.45, 7) is 6.25. The van der Waals surface area contributed by atoms with Gasteiger partial charge in [0.05, 0.1) is 12.2 Å². The standard InChI is InChI=1S/C7H15NO/c1-4-5(2)9-6(3)7(4)8/h4-7H,8H2,1-3H3/t4-,5-,6+,7+/m0/s1. The van der Waals surface area contributed by atoms with Crippen molar-refractivity contribution in [1.82, 2.24) is 0 Å². The van der Waals surface area contributed by atoms with Crippen molar-refractivity contribution in [3.8, 4) is 0 Å². The number of hydrogen-bond acceptors (Lipinski definition) is 2. The second-order valence-corrected chi connectivity index (χ2v) is 2.98. The van der Waals surface area contributed by atoms with E-state index in [0.29, 0.717) is 12.0 Å². The highest BCUT2D eigenvalue weighted by Crippen LogP contribution is 2.23. The lowest BCUT2D eigenvalue weighted by Gasteiger charge is -2.10. The lowest BCUT2D eigenvalue weighted by atomic mass is 9.98. The third kappa shape index (κ3) is 1.10. The number of rotatable bonds is 0. The maximum absolute atomic E-state index is 5.79. The first kappa shape index (κ1) is 7.03. The maximum Gasteiger partial charge on any atom is 0.0705 e. The van der Waals surface area contributed by atoms with E-state index in [-0.39, 0.29) is 12.1 Å². The van der Waals surface area contributed by atoms with E-state index < -0.39 is 0 Å². The fraction of sp³-hybridized carbons (Fsp3) is 1.00. The van der Waals surface area contributed by atoms with Gasteiger partial charge in [-0.1, -0.05) is 6.92 Å². The van der Waals surface area contributed by atoms with E-state index in [1.807, 2.05) is 6.92 Å². The van der Waals surface area contributed by atoms with Gasteiger partial charge in [0.15, 0.2) is 0 Å². The molecule has 2 nitrogen and oxygen atoms in total. The van der Waals surface area contributed by atoms with Crippen molar-refractivity contribution < 1.29 is 4.74 Å². The third-order valence-electron chi connectivity index (χ3n) is 2.32. The van der Waals surface area contributed by atoms with Crippen LogP contribution in [0.3, 0.4) is 0 Å². The molecule has 0 amide bonds. The lowest BCUT2D eigenvalue weighted by Crippen LogP contribution is -2.32. The quantitative estimate of drug-likeness (QED) is 0.524. The Morgan fingerprint density at radius 1 is 1.11 bits per heavy atom. The molecule has 1 saturated heterocycles. The second kappa shape index (κ2) is 2.27. The lowest BCUT2D eigenvalue weighted by molar-refractivity contribution is 0.0559. The number of nitrogens with two attached hydrogens (primary N) is 1. The van der Waals surface area contributed by atoms with Gasteiger partial charge < -0.3 is 10.5 Å². The Morgan fingerprint density at radius 3 is 1.78 bits per heavy atom. The molecule has 2 N–H and O–H groups in total. The van der Waals surface area contributed by atoms with Crippen molar-refractivity contribution in [1.29, 1.82) is 0 Å². The summed E-state index contributed by atoms with van der Waals surface area (Å²) in [4.78, 5) is 0. The highest BCUT2D eigenvalue weighted by Gasteiger charge is 2.33. The molecule has 1 aliphatic rings. The van der Waals surface area contributed by atoms with Crippen molar-refractivity contribution in [3.63, 3.8) is 0 Å². The fourth-order valence-electron chi connectivity index (χ4n) is 1.29. The highest BCUT2D eigenvalue weighted by atomic mass is 16.5. The zero-order chi connectivity index (χ0) is 7.02. The molecule has 4 atom stereocenters. The first-order valence-electron chi connectivity index (χ1n) is 3.54. The van der Waals surface area contributed by atoms with Gasteiger partial charge in [-0.25, -0.2) is 0 Å². The fourth-order valence-corrected chi connectivity index (χ4v) is 1.29. The predicted octanol–water partition coefficient (Wildman–Crippen LogP) is 0.757. The molecule has 1 fully saturated rings. The molecule has 2 heteroatoms. The number of hydrogen-bond donors (Lipinski definition) is 1. The van der Waals surface area contributed by atoms with Crippen molar-refractivity contribution in [2.45, 2.75) is 39.0 Å². The Hall–Kier alpha value is -0.0800. The van der Waals surface area contributed by atoms with E-state index in [0.717, 1.165) is 0 Å². The van der Waals surface area contributed by atoms with Gasteiger partial charge in [0.25, 0.3) is 0 Å². The summed E-state index contributed by atoms with van der Waals surface area (Å²) in [7, 11) is 0. The van der Waals surface area contributed by atoms with E-state index in [1.165, 1.54) is 0 Å². The molecule has 1 rings (SSSR count). The summed E-state index contributed by atoms with van der Waals surface area (Å²) in [6.07, 6.45) is 0.588. The molecular weight excluding hydrogens is 114 g/mol. The third-order valence-corrected chi connectivity index (χ3v) is 2.32. The van der Waals surface area contributed by atoms with Crippen LogP contribution >= 0.6 is 0 Å². The molecule has 0 unspecified atom stereocenters. The number of ether oxygens (including phenoxy) is 1. The van der Waals surface area contributed by atoms with Crippen molar-refractivity contribution in [3.05, 3.63) is 0 Å². The molecule has 54 valence electrons. The van der Waals surface area contributed by atoms with Gasteiger partial charge in [-0.2, -0.15) is 0 Å². The van der Waals surface area contributed by atoms with Gasteiger partial charge in [-0.15, -0.1) is 0 Å². The molecule has 1 heterocycles. The minimum absolute atomic E-state index is 0.236. The Morgan fingerprint density at radius 2 is 1.67 bits per heavy atom. The molecule has 1 aliphatic heterocycles. The van der Waals surface area contributed by atoms with Gasteiger partial charge in [-0.05, 0) is 19.8 Å². The van der Waals surface area contributed by atoms with E-state index in [1.54, 1.807) is 0 Å². The van der Waals surface area contributed by atoms with E-state index in [2.05, 4.69) is 13.8 Å². The van der Waals surface area contributed by atoms with Gasteiger partial charge >= 0.3 is 0 Å². The minimum Gasteiger partial charge on any atom is -0.374 e. The van der Waals surface area contributed by atoms with Crippen LogP contribution in [0.25, 0.3) is 0 Å². The molecule has 0 aromatic rings. The Bertz CT molecular complexity index is 93.1. The van der Waals surface area contributed by atoms with Gasteiger partial charge in [0.2, 0.25) is 0 Å². The second-order valence-electron chi connectivity index (χ2n) is 2.98. The van der Waals surface area contributed by atoms with E-state index >= 15 is 0 Å². The van der Waals surface area contributed by atoms with Gasteiger partial charge in [0.1, 0.15) is 0 Å². The van der Waals surface area contributed by atoms with Crippen molar-refractivity contribution in [2.75, 3.05) is 0 Å². The average molecular weight is 129 g/mol. The monoisotopic (exact) mass is 129 g/mol. The normalized spacial score (nSPS) is 52.0. The predicted molar refractivity (Wildman–Crippen MR) is 37.1 cm³/mol. The Labute approximate surface area is 56.4 Å². The zero-order valence-corrected chi connectivity index (χ0v) is 6.29. The largest absolute Gasteiger partial charge is 0.374 e. The topological polar surface area (TPSA) is 35.2 Å². The van der Waals surface area contributed by atoms with Crippen LogP contribution < -0.4 is 5.73 Å². The molecule has 0 aromatic carbocycles. The smallest absolute Gasteiger partial charge is 0.0705 e. The molecule has 0 saturated carbocycles. The molecule has 9 heavy (non-hydrogen) atoms. The minimum atomic E-state index is 0.236. The van der Waals surface area contributed by atoms with Gasteiger partial charge in [0, 0.05) is 6.04 Å². The van der Waals surface area contributed by atoms with Crippen LogP contribution in [0.4, 0.5) is 0 Å². The maximum atomic E-state index is 5.79. The van der Waals surface area contributed by atoms with Crippen LogP contribution in [0.1, 0.15) is 20.8 Å². The summed E-state index contributed by atoms with van der Waals surface area (Å²) < 4.78 is 5.46. The zero-order valence-electron chi connectivity index (χ0n) is 6.29. The molecule has 0 bridgehead atoms. The van der Waals surface area contributed by atoms with Crippen LogP contribution in [0, 0.1) is 5.92 Å². The summed E-state index contributed by atoms with van der Waals surface area (Å²) in [5.41, 5.74) is 5.79. The van der Waals surface area contributed by atoms with E-state index in [4.69, 9.17) is 10.5 Å². The van der Waals surface area contributed by atoms with Crippen molar-refractivity contribution >= 4 is 0 Å². The summed E-state index contributed by atoms with van der Waals surface area (Å²) in [5.74, 6) is 0.514. The summed E-state index contributed by atoms with van der Waals surface area (Å²) >= 11 is 0. The van der Waals surface area contributed by atoms with E-state index in [9.17, 15) is 0 Å². The molecule has 0 aliphatic carbocycles. The summed E-state index contributed by atoms with van der Waals surface area (Å²) in [5, 5.41) is 0. The first-order chi connectivity index (χ1) is 4.13. The molecule has 0 radical (unpaired) electrons. The average Bonchev–Trinajstić information content (AvgIpc) is 1.98. The Kier molecular flexibility index (Phi) is 1.78. The van der Waals surface area contributed by atoms with Crippen LogP contribution in [0.5, 0.6) is 0 Å². The van der Waals surface area contributed by atoms with Crippen LogP contribution in [0.2, 0.25) is 0 Å². The molecule has 0 spiro atoms. The van der Waals surface area contributed by atoms with Crippen molar-refractivity contribution in [2.24, 2.45) is 11.7 Å². The first-order valence-corrected chi connectivity index (χ1v) is 3.54. The Balaban J connectivity index is 2.54.